The lowest BCUT2D eigenvalue weighted by molar-refractivity contribution is -0.147. The Morgan fingerprint density at radius 2 is 2.29 bits per heavy atom. The van der Waals surface area contributed by atoms with Gasteiger partial charge in [-0.05, 0) is 11.4 Å². The number of esters is 1. The van der Waals surface area contributed by atoms with E-state index < -0.39 is 6.09 Å². The minimum Gasteiger partial charge on any atom is -0.465 e. The minimum atomic E-state index is -0.988. The molecule has 6 heteroatoms. The molecule has 1 aromatic heterocycles. The van der Waals surface area contributed by atoms with Crippen molar-refractivity contribution in [3.8, 4) is 0 Å². The Balaban J connectivity index is 2.59. The number of hydrogen-bond acceptors (Lipinski definition) is 4. The molecule has 0 aliphatic heterocycles. The number of ether oxygens (including phenoxy) is 1. The van der Waals surface area contributed by atoms with Crippen LogP contribution in [0, 0.1) is 0 Å². The number of carboxylic acid groups (broad SMARTS) is 1. The van der Waals surface area contributed by atoms with Gasteiger partial charge in [0.05, 0.1) is 0 Å². The highest BCUT2D eigenvalue weighted by atomic mass is 32.1. The van der Waals surface area contributed by atoms with E-state index >= 15 is 0 Å². The Hall–Kier alpha value is -1.56. The van der Waals surface area contributed by atoms with Crippen LogP contribution < -0.4 is 0 Å². The first-order chi connectivity index (χ1) is 8.00. The van der Waals surface area contributed by atoms with Gasteiger partial charge in [-0.25, -0.2) is 4.79 Å². The van der Waals surface area contributed by atoms with E-state index in [-0.39, 0.29) is 12.1 Å². The quantitative estimate of drug-likeness (QED) is 0.822. The van der Waals surface area contributed by atoms with Crippen LogP contribution in [-0.4, -0.2) is 35.7 Å². The molecule has 1 amide bonds. The molecule has 1 aromatic rings. The maximum absolute atomic E-state index is 11.0. The van der Waals surface area contributed by atoms with E-state index in [0.717, 1.165) is 4.88 Å². The van der Waals surface area contributed by atoms with Gasteiger partial charge in [-0.3, -0.25) is 4.79 Å². The summed E-state index contributed by atoms with van der Waals surface area (Å²) in [7, 11) is 1.49. The molecule has 0 aliphatic rings. The van der Waals surface area contributed by atoms with Crippen molar-refractivity contribution in [2.45, 2.75) is 19.4 Å². The zero-order valence-electron chi connectivity index (χ0n) is 9.75. The average Bonchev–Trinajstić information content (AvgIpc) is 2.76. The SMILES string of the molecule is CC(=O)OC(CCN(C)C(=O)O)c1cccs1. The summed E-state index contributed by atoms with van der Waals surface area (Å²) in [6.07, 6.45) is -0.893. The Morgan fingerprint density at radius 1 is 1.59 bits per heavy atom. The molecule has 0 saturated carbocycles. The summed E-state index contributed by atoms with van der Waals surface area (Å²) >= 11 is 1.49. The van der Waals surface area contributed by atoms with E-state index in [9.17, 15) is 9.59 Å². The third-order valence-electron chi connectivity index (χ3n) is 2.22. The van der Waals surface area contributed by atoms with Crippen LogP contribution in [0.5, 0.6) is 0 Å². The summed E-state index contributed by atoms with van der Waals surface area (Å²) in [4.78, 5) is 23.7. The summed E-state index contributed by atoms with van der Waals surface area (Å²) in [5, 5.41) is 10.6. The van der Waals surface area contributed by atoms with E-state index in [1.54, 1.807) is 0 Å². The van der Waals surface area contributed by atoms with Crippen molar-refractivity contribution in [1.29, 1.82) is 0 Å². The molecule has 1 heterocycles. The molecule has 94 valence electrons. The molecule has 0 spiro atoms. The van der Waals surface area contributed by atoms with Gasteiger partial charge in [0, 0.05) is 31.8 Å². The highest BCUT2D eigenvalue weighted by molar-refractivity contribution is 7.10. The zero-order valence-corrected chi connectivity index (χ0v) is 10.6. The van der Waals surface area contributed by atoms with Crippen molar-refractivity contribution < 1.29 is 19.4 Å². The molecule has 5 nitrogen and oxygen atoms in total. The molecule has 1 rings (SSSR count). The third kappa shape index (κ3) is 4.44. The highest BCUT2D eigenvalue weighted by Gasteiger charge is 2.17. The van der Waals surface area contributed by atoms with Crippen LogP contribution in [0.4, 0.5) is 4.79 Å². The minimum absolute atomic E-state index is 0.325. The maximum atomic E-state index is 11.0. The summed E-state index contributed by atoms with van der Waals surface area (Å²) in [6.45, 7) is 1.67. The monoisotopic (exact) mass is 257 g/mol. The average molecular weight is 257 g/mol. The number of hydrogen-bond donors (Lipinski definition) is 1. The van der Waals surface area contributed by atoms with Gasteiger partial charge in [-0.1, -0.05) is 6.07 Å². The first-order valence-corrected chi connectivity index (χ1v) is 6.03. The van der Waals surface area contributed by atoms with Gasteiger partial charge in [0.25, 0.3) is 0 Å². The van der Waals surface area contributed by atoms with Crippen LogP contribution in [0.25, 0.3) is 0 Å². The van der Waals surface area contributed by atoms with Crippen molar-refractivity contribution in [1.82, 2.24) is 4.90 Å². The molecular weight excluding hydrogens is 242 g/mol. The Labute approximate surface area is 104 Å². The van der Waals surface area contributed by atoms with Crippen molar-refractivity contribution in [2.75, 3.05) is 13.6 Å². The van der Waals surface area contributed by atoms with Crippen LogP contribution in [0.15, 0.2) is 17.5 Å². The first-order valence-electron chi connectivity index (χ1n) is 5.15. The Kier molecular flexibility index (Phi) is 4.96. The molecule has 0 radical (unpaired) electrons. The number of carbonyl (C=O) groups excluding carboxylic acids is 1. The largest absolute Gasteiger partial charge is 0.465 e. The molecule has 0 aromatic carbocycles. The number of rotatable bonds is 5. The molecule has 0 aliphatic carbocycles. The second kappa shape index (κ2) is 6.24. The summed E-state index contributed by atoms with van der Waals surface area (Å²) in [6, 6.07) is 3.75. The van der Waals surface area contributed by atoms with Crippen molar-refractivity contribution >= 4 is 23.4 Å². The maximum Gasteiger partial charge on any atom is 0.407 e. The van der Waals surface area contributed by atoms with Crippen molar-refractivity contribution in [3.63, 3.8) is 0 Å². The van der Waals surface area contributed by atoms with E-state index in [1.807, 2.05) is 17.5 Å². The van der Waals surface area contributed by atoms with Gasteiger partial charge in [0.2, 0.25) is 0 Å². The van der Waals surface area contributed by atoms with Crippen LogP contribution in [-0.2, 0) is 9.53 Å². The predicted octanol–water partition coefficient (Wildman–Crippen LogP) is 2.35. The number of nitrogens with zero attached hydrogens (tertiary/aromatic N) is 1. The lowest BCUT2D eigenvalue weighted by Gasteiger charge is -2.19. The molecule has 1 atom stereocenters. The van der Waals surface area contributed by atoms with E-state index in [1.165, 1.54) is 30.2 Å². The smallest absolute Gasteiger partial charge is 0.407 e. The van der Waals surface area contributed by atoms with E-state index in [4.69, 9.17) is 9.84 Å². The molecular formula is C11H15NO4S. The Morgan fingerprint density at radius 3 is 2.76 bits per heavy atom. The normalized spacial score (nSPS) is 11.9. The first kappa shape index (κ1) is 13.5. The number of carbonyl (C=O) groups is 2. The second-order valence-electron chi connectivity index (χ2n) is 3.61. The predicted molar refractivity (Wildman–Crippen MR) is 64.1 cm³/mol. The Bertz CT molecular complexity index is 377. The fraction of sp³-hybridized carbons (Fsp3) is 0.455. The fourth-order valence-corrected chi connectivity index (χ4v) is 2.13. The molecule has 0 saturated heterocycles. The number of thiophene rings is 1. The lowest BCUT2D eigenvalue weighted by atomic mass is 10.2. The van der Waals surface area contributed by atoms with Gasteiger partial charge in [-0.15, -0.1) is 11.3 Å². The molecule has 1 unspecified atom stereocenters. The highest BCUT2D eigenvalue weighted by Crippen LogP contribution is 2.25. The van der Waals surface area contributed by atoms with Crippen molar-refractivity contribution in [2.24, 2.45) is 0 Å². The van der Waals surface area contributed by atoms with Crippen LogP contribution in [0.3, 0.4) is 0 Å². The molecule has 0 fully saturated rings. The molecule has 17 heavy (non-hydrogen) atoms. The topological polar surface area (TPSA) is 66.8 Å². The van der Waals surface area contributed by atoms with E-state index in [2.05, 4.69) is 0 Å². The van der Waals surface area contributed by atoms with Gasteiger partial charge in [-0.2, -0.15) is 0 Å². The second-order valence-corrected chi connectivity index (χ2v) is 4.59. The van der Waals surface area contributed by atoms with Crippen LogP contribution in [0.1, 0.15) is 24.3 Å². The molecule has 1 N–H and O–H groups in total. The van der Waals surface area contributed by atoms with Gasteiger partial charge >= 0.3 is 12.1 Å². The standard InChI is InChI=1S/C11H15NO4S/c1-8(13)16-9(10-4-3-7-17-10)5-6-12(2)11(14)15/h3-4,7,9H,5-6H2,1-2H3,(H,14,15). The lowest BCUT2D eigenvalue weighted by Crippen LogP contribution is -2.27. The fourth-order valence-electron chi connectivity index (χ4n) is 1.34. The van der Waals surface area contributed by atoms with Crippen molar-refractivity contribution in [3.05, 3.63) is 22.4 Å². The van der Waals surface area contributed by atoms with Gasteiger partial charge in [0.1, 0.15) is 6.10 Å². The third-order valence-corrected chi connectivity index (χ3v) is 3.19. The summed E-state index contributed by atoms with van der Waals surface area (Å²) in [5.74, 6) is -0.360. The van der Waals surface area contributed by atoms with Crippen LogP contribution in [0.2, 0.25) is 0 Å². The summed E-state index contributed by atoms with van der Waals surface area (Å²) < 4.78 is 5.18. The summed E-state index contributed by atoms with van der Waals surface area (Å²) in [5.41, 5.74) is 0. The molecule has 0 bridgehead atoms. The van der Waals surface area contributed by atoms with Gasteiger partial charge < -0.3 is 14.7 Å². The zero-order chi connectivity index (χ0) is 12.8. The van der Waals surface area contributed by atoms with Gasteiger partial charge in [0.15, 0.2) is 0 Å². The number of amides is 1. The van der Waals surface area contributed by atoms with Crippen LogP contribution >= 0.6 is 11.3 Å². The van der Waals surface area contributed by atoms with E-state index in [0.29, 0.717) is 13.0 Å².